The fraction of sp³-hybridized carbons (Fsp3) is 0.250. The molecule has 1 aliphatic heterocycles. The minimum Gasteiger partial charge on any atom is -0.361 e. The van der Waals surface area contributed by atoms with Crippen LogP contribution in [0.3, 0.4) is 0 Å². The van der Waals surface area contributed by atoms with Crippen molar-refractivity contribution in [3.63, 3.8) is 0 Å². The summed E-state index contributed by atoms with van der Waals surface area (Å²) in [6.07, 6.45) is 0.840. The fourth-order valence-electron chi connectivity index (χ4n) is 2.97. The second-order valence-corrected chi connectivity index (χ2v) is 5.43. The molecule has 106 valence electrons. The molecule has 21 heavy (non-hydrogen) atoms. The van der Waals surface area contributed by atoms with Gasteiger partial charge in [0, 0.05) is 47.7 Å². The highest BCUT2D eigenvalue weighted by Crippen LogP contribution is 2.28. The fourth-order valence-corrected chi connectivity index (χ4v) is 2.97. The summed E-state index contributed by atoms with van der Waals surface area (Å²) in [6, 6.07) is 9.90. The first-order valence-electron chi connectivity index (χ1n) is 7.03. The zero-order chi connectivity index (χ0) is 14.4. The second kappa shape index (κ2) is 4.48. The van der Waals surface area contributed by atoms with Gasteiger partial charge in [-0.3, -0.25) is 4.79 Å². The Morgan fingerprint density at radius 3 is 3.05 bits per heavy atom. The van der Waals surface area contributed by atoms with Crippen molar-refractivity contribution in [1.82, 2.24) is 15.0 Å². The van der Waals surface area contributed by atoms with Gasteiger partial charge in [0.2, 0.25) is 0 Å². The second-order valence-electron chi connectivity index (χ2n) is 5.43. The van der Waals surface area contributed by atoms with Crippen LogP contribution in [0.25, 0.3) is 10.9 Å². The van der Waals surface area contributed by atoms with E-state index in [4.69, 9.17) is 4.52 Å². The van der Waals surface area contributed by atoms with Crippen LogP contribution in [-0.2, 0) is 13.0 Å². The topological polar surface area (TPSA) is 62.1 Å². The summed E-state index contributed by atoms with van der Waals surface area (Å²) < 4.78 is 5.00. The summed E-state index contributed by atoms with van der Waals surface area (Å²) in [5, 5.41) is 5.02. The minimum atomic E-state index is -0.0669. The number of aromatic amines is 1. The standard InChI is InChI=1S/C16H15N3O2/c1-10-8-15(18-21-10)16(20)19-7-6-14-12(9-19)11-4-2-3-5-13(11)17-14/h2-5,8,17H,6-7,9H2,1H3. The zero-order valence-electron chi connectivity index (χ0n) is 11.7. The van der Waals surface area contributed by atoms with E-state index < -0.39 is 0 Å². The van der Waals surface area contributed by atoms with Crippen molar-refractivity contribution in [2.75, 3.05) is 6.54 Å². The Morgan fingerprint density at radius 1 is 1.38 bits per heavy atom. The Balaban J connectivity index is 1.68. The van der Waals surface area contributed by atoms with Gasteiger partial charge in [-0.2, -0.15) is 0 Å². The molecule has 0 fully saturated rings. The predicted molar refractivity (Wildman–Crippen MR) is 78.0 cm³/mol. The number of hydrogen-bond acceptors (Lipinski definition) is 3. The molecule has 0 unspecified atom stereocenters. The van der Waals surface area contributed by atoms with Gasteiger partial charge >= 0.3 is 0 Å². The quantitative estimate of drug-likeness (QED) is 0.746. The average molecular weight is 281 g/mol. The smallest absolute Gasteiger partial charge is 0.276 e. The molecule has 2 aromatic heterocycles. The maximum atomic E-state index is 12.5. The number of nitrogens with one attached hydrogen (secondary N) is 1. The van der Waals surface area contributed by atoms with Crippen LogP contribution in [0.5, 0.6) is 0 Å². The van der Waals surface area contributed by atoms with E-state index in [-0.39, 0.29) is 5.91 Å². The molecule has 5 heteroatoms. The van der Waals surface area contributed by atoms with Crippen LogP contribution in [0.4, 0.5) is 0 Å². The number of amides is 1. The lowest BCUT2D eigenvalue weighted by Crippen LogP contribution is -2.35. The van der Waals surface area contributed by atoms with Crippen molar-refractivity contribution in [1.29, 1.82) is 0 Å². The van der Waals surface area contributed by atoms with Crippen LogP contribution < -0.4 is 0 Å². The molecule has 0 aliphatic carbocycles. The number of hydrogen-bond donors (Lipinski definition) is 1. The lowest BCUT2D eigenvalue weighted by atomic mass is 10.0. The molecule has 1 amide bonds. The lowest BCUT2D eigenvalue weighted by Gasteiger charge is -2.26. The molecule has 0 spiro atoms. The van der Waals surface area contributed by atoms with Gasteiger partial charge in [-0.1, -0.05) is 23.4 Å². The highest BCUT2D eigenvalue weighted by atomic mass is 16.5. The predicted octanol–water partition coefficient (Wildman–Crippen LogP) is 2.66. The molecule has 0 radical (unpaired) electrons. The van der Waals surface area contributed by atoms with Crippen molar-refractivity contribution >= 4 is 16.8 Å². The first-order chi connectivity index (χ1) is 10.2. The van der Waals surface area contributed by atoms with Gasteiger partial charge in [0.1, 0.15) is 5.76 Å². The molecule has 5 nitrogen and oxygen atoms in total. The van der Waals surface area contributed by atoms with Gasteiger partial charge in [-0.05, 0) is 13.0 Å². The van der Waals surface area contributed by atoms with Crippen molar-refractivity contribution in [2.24, 2.45) is 0 Å². The number of benzene rings is 1. The highest BCUT2D eigenvalue weighted by molar-refractivity contribution is 5.93. The number of rotatable bonds is 1. The van der Waals surface area contributed by atoms with Crippen LogP contribution in [0.2, 0.25) is 0 Å². The van der Waals surface area contributed by atoms with E-state index in [9.17, 15) is 4.79 Å². The number of carbonyl (C=O) groups excluding carboxylic acids is 1. The van der Waals surface area contributed by atoms with Crippen molar-refractivity contribution in [3.05, 3.63) is 53.0 Å². The molecule has 3 heterocycles. The number of nitrogens with zero attached hydrogens (tertiary/aromatic N) is 2. The summed E-state index contributed by atoms with van der Waals surface area (Å²) in [7, 11) is 0. The van der Waals surface area contributed by atoms with E-state index in [2.05, 4.69) is 22.3 Å². The molecule has 1 aliphatic rings. The zero-order valence-corrected chi connectivity index (χ0v) is 11.7. The third kappa shape index (κ3) is 1.93. The van der Waals surface area contributed by atoms with E-state index in [1.807, 2.05) is 17.0 Å². The van der Waals surface area contributed by atoms with E-state index in [0.29, 0.717) is 24.5 Å². The highest BCUT2D eigenvalue weighted by Gasteiger charge is 2.26. The van der Waals surface area contributed by atoms with Crippen LogP contribution in [0, 0.1) is 6.92 Å². The maximum absolute atomic E-state index is 12.5. The summed E-state index contributed by atoms with van der Waals surface area (Å²) in [5.74, 6) is 0.589. The van der Waals surface area contributed by atoms with E-state index >= 15 is 0 Å². The summed E-state index contributed by atoms with van der Waals surface area (Å²) in [5.41, 5.74) is 3.96. The van der Waals surface area contributed by atoms with Crippen molar-refractivity contribution in [2.45, 2.75) is 19.9 Å². The average Bonchev–Trinajstić information content (AvgIpc) is 3.09. The van der Waals surface area contributed by atoms with Gasteiger partial charge in [-0.15, -0.1) is 0 Å². The summed E-state index contributed by atoms with van der Waals surface area (Å²) in [4.78, 5) is 17.8. The van der Waals surface area contributed by atoms with Gasteiger partial charge in [0.15, 0.2) is 5.69 Å². The minimum absolute atomic E-state index is 0.0669. The molecule has 0 saturated carbocycles. The van der Waals surface area contributed by atoms with Crippen molar-refractivity contribution in [3.8, 4) is 0 Å². The van der Waals surface area contributed by atoms with Crippen LogP contribution in [0.1, 0.15) is 27.5 Å². The first kappa shape index (κ1) is 12.2. The lowest BCUT2D eigenvalue weighted by molar-refractivity contribution is 0.0724. The third-order valence-electron chi connectivity index (χ3n) is 4.02. The van der Waals surface area contributed by atoms with E-state index in [1.54, 1.807) is 13.0 Å². The maximum Gasteiger partial charge on any atom is 0.276 e. The monoisotopic (exact) mass is 281 g/mol. The van der Waals surface area contributed by atoms with Gasteiger partial charge < -0.3 is 14.4 Å². The molecule has 1 aromatic carbocycles. The number of carbonyl (C=O) groups is 1. The molecule has 1 N–H and O–H groups in total. The number of aryl methyl sites for hydroxylation is 1. The Bertz CT molecular complexity index is 831. The Morgan fingerprint density at radius 2 is 2.24 bits per heavy atom. The Kier molecular flexibility index (Phi) is 2.60. The molecule has 4 rings (SSSR count). The molecule has 0 atom stereocenters. The third-order valence-corrected chi connectivity index (χ3v) is 4.02. The Labute approximate surface area is 121 Å². The Hall–Kier alpha value is -2.56. The number of H-pyrrole nitrogens is 1. The SMILES string of the molecule is Cc1cc(C(=O)N2CCc3[nH]c4ccccc4c3C2)no1. The molecule has 3 aromatic rings. The van der Waals surface area contributed by atoms with Gasteiger partial charge in [0.05, 0.1) is 0 Å². The molecular formula is C16H15N3O2. The normalized spacial score (nSPS) is 14.4. The largest absolute Gasteiger partial charge is 0.361 e. The summed E-state index contributed by atoms with van der Waals surface area (Å²) in [6.45, 7) is 3.10. The van der Waals surface area contributed by atoms with Crippen LogP contribution >= 0.6 is 0 Å². The first-order valence-corrected chi connectivity index (χ1v) is 7.03. The number of aromatic nitrogens is 2. The molecular weight excluding hydrogens is 266 g/mol. The molecule has 0 saturated heterocycles. The van der Waals surface area contributed by atoms with Gasteiger partial charge in [-0.25, -0.2) is 0 Å². The van der Waals surface area contributed by atoms with Gasteiger partial charge in [0.25, 0.3) is 5.91 Å². The van der Waals surface area contributed by atoms with Crippen molar-refractivity contribution < 1.29 is 9.32 Å². The van der Waals surface area contributed by atoms with Crippen LogP contribution in [0.15, 0.2) is 34.9 Å². The summed E-state index contributed by atoms with van der Waals surface area (Å²) >= 11 is 0. The van der Waals surface area contributed by atoms with E-state index in [1.165, 1.54) is 16.6 Å². The number of para-hydroxylation sites is 1. The molecule has 0 bridgehead atoms. The number of fused-ring (bicyclic) bond motifs is 3. The van der Waals surface area contributed by atoms with E-state index in [0.717, 1.165) is 11.9 Å². The van der Waals surface area contributed by atoms with Crippen LogP contribution in [-0.4, -0.2) is 27.5 Å².